The van der Waals surface area contributed by atoms with Gasteiger partial charge in [0.25, 0.3) is 5.91 Å². The Hall–Kier alpha value is -1.11. The molecule has 7 heteroatoms. The molecule has 1 N–H and O–H groups in total. The van der Waals surface area contributed by atoms with Gasteiger partial charge in [0.2, 0.25) is 5.91 Å². The van der Waals surface area contributed by atoms with Crippen molar-refractivity contribution in [1.82, 2.24) is 10.2 Å². The molecular formula is C14H16BrClN2O3. The number of nitrogens with zero attached hydrogens (tertiary/aromatic N) is 1. The summed E-state index contributed by atoms with van der Waals surface area (Å²) < 4.78 is 5.93. The van der Waals surface area contributed by atoms with Crippen LogP contribution < -0.4 is 5.32 Å². The monoisotopic (exact) mass is 374 g/mol. The Morgan fingerprint density at radius 2 is 2.00 bits per heavy atom. The molecule has 0 radical (unpaired) electrons. The highest BCUT2D eigenvalue weighted by atomic mass is 79.9. The molecule has 114 valence electrons. The summed E-state index contributed by atoms with van der Waals surface area (Å²) in [5.41, 5.74) is 0.466. The van der Waals surface area contributed by atoms with Crippen molar-refractivity contribution in [3.8, 4) is 0 Å². The van der Waals surface area contributed by atoms with Gasteiger partial charge in [-0.25, -0.2) is 0 Å². The van der Waals surface area contributed by atoms with E-state index in [9.17, 15) is 9.59 Å². The molecule has 0 unspecified atom stereocenters. The van der Waals surface area contributed by atoms with Crippen molar-refractivity contribution in [3.05, 3.63) is 33.3 Å². The van der Waals surface area contributed by atoms with Crippen LogP contribution in [0.3, 0.4) is 0 Å². The van der Waals surface area contributed by atoms with E-state index in [1.165, 1.54) is 0 Å². The fraction of sp³-hybridized carbons (Fsp3) is 0.429. The molecule has 0 bridgehead atoms. The van der Waals surface area contributed by atoms with Crippen molar-refractivity contribution < 1.29 is 14.3 Å². The zero-order valence-electron chi connectivity index (χ0n) is 11.4. The van der Waals surface area contributed by atoms with E-state index in [2.05, 4.69) is 21.2 Å². The van der Waals surface area contributed by atoms with Gasteiger partial charge in [0.05, 0.1) is 13.2 Å². The fourth-order valence-corrected chi connectivity index (χ4v) is 2.90. The summed E-state index contributed by atoms with van der Waals surface area (Å²) in [6.07, 6.45) is 0.285. The van der Waals surface area contributed by atoms with Crippen LogP contribution in [0, 0.1) is 0 Å². The molecule has 1 fully saturated rings. The molecular weight excluding hydrogens is 360 g/mol. The van der Waals surface area contributed by atoms with Crippen molar-refractivity contribution >= 4 is 39.3 Å². The number of ether oxygens (including phenoxy) is 1. The maximum atomic E-state index is 12.0. The Kier molecular flexibility index (Phi) is 6.02. The number of rotatable bonds is 4. The highest BCUT2D eigenvalue weighted by molar-refractivity contribution is 9.10. The molecule has 0 saturated carbocycles. The highest BCUT2D eigenvalue weighted by Gasteiger charge is 2.16. The lowest BCUT2D eigenvalue weighted by Gasteiger charge is -2.26. The molecule has 1 aromatic carbocycles. The minimum Gasteiger partial charge on any atom is -0.378 e. The summed E-state index contributed by atoms with van der Waals surface area (Å²) in [7, 11) is 0. The van der Waals surface area contributed by atoms with Crippen molar-refractivity contribution in [1.29, 1.82) is 0 Å². The fourth-order valence-electron chi connectivity index (χ4n) is 2.04. The number of hydrogen-bond acceptors (Lipinski definition) is 3. The van der Waals surface area contributed by atoms with E-state index >= 15 is 0 Å². The maximum Gasteiger partial charge on any atom is 0.251 e. The normalized spacial score (nSPS) is 14.9. The summed E-state index contributed by atoms with van der Waals surface area (Å²) >= 11 is 9.19. The second-order valence-electron chi connectivity index (χ2n) is 4.66. The van der Waals surface area contributed by atoms with E-state index < -0.39 is 0 Å². The number of hydrogen-bond donors (Lipinski definition) is 1. The van der Waals surface area contributed by atoms with Crippen molar-refractivity contribution in [2.45, 2.75) is 6.42 Å². The Balaban J connectivity index is 1.79. The Labute approximate surface area is 136 Å². The van der Waals surface area contributed by atoms with Gasteiger partial charge >= 0.3 is 0 Å². The predicted molar refractivity (Wildman–Crippen MR) is 83.5 cm³/mol. The van der Waals surface area contributed by atoms with Crippen LogP contribution in [0.1, 0.15) is 16.8 Å². The third-order valence-electron chi connectivity index (χ3n) is 3.11. The van der Waals surface area contributed by atoms with Gasteiger partial charge in [-0.15, -0.1) is 0 Å². The quantitative estimate of drug-likeness (QED) is 0.876. The summed E-state index contributed by atoms with van der Waals surface area (Å²) in [6.45, 7) is 2.70. The second kappa shape index (κ2) is 7.77. The molecule has 1 aliphatic rings. The zero-order valence-corrected chi connectivity index (χ0v) is 13.7. The van der Waals surface area contributed by atoms with Gasteiger partial charge in [-0.2, -0.15) is 0 Å². The van der Waals surface area contributed by atoms with E-state index in [1.54, 1.807) is 23.1 Å². The number of halogens is 2. The van der Waals surface area contributed by atoms with E-state index in [4.69, 9.17) is 16.3 Å². The number of nitrogens with one attached hydrogen (secondary N) is 1. The van der Waals surface area contributed by atoms with Gasteiger partial charge in [-0.05, 0) is 18.2 Å². The lowest BCUT2D eigenvalue weighted by atomic mass is 10.2. The first-order valence-corrected chi connectivity index (χ1v) is 7.83. The summed E-state index contributed by atoms with van der Waals surface area (Å²) in [4.78, 5) is 25.6. The first-order chi connectivity index (χ1) is 10.1. The van der Waals surface area contributed by atoms with Crippen LogP contribution in [0.15, 0.2) is 22.7 Å². The van der Waals surface area contributed by atoms with Gasteiger partial charge in [-0.1, -0.05) is 27.5 Å². The number of benzene rings is 1. The van der Waals surface area contributed by atoms with Gasteiger partial charge in [0.1, 0.15) is 0 Å². The largest absolute Gasteiger partial charge is 0.378 e. The Bertz CT molecular complexity index is 513. The van der Waals surface area contributed by atoms with E-state index in [1.807, 2.05) is 0 Å². The zero-order chi connectivity index (χ0) is 15.2. The van der Waals surface area contributed by atoms with Crippen LogP contribution >= 0.6 is 27.5 Å². The van der Waals surface area contributed by atoms with Gasteiger partial charge in [-0.3, -0.25) is 9.59 Å². The van der Waals surface area contributed by atoms with E-state index in [0.717, 1.165) is 4.47 Å². The van der Waals surface area contributed by atoms with Crippen LogP contribution in [-0.2, 0) is 9.53 Å². The maximum absolute atomic E-state index is 12.0. The summed E-state index contributed by atoms with van der Waals surface area (Å²) in [6, 6.07) is 4.98. The molecule has 1 aliphatic heterocycles. The van der Waals surface area contributed by atoms with Crippen molar-refractivity contribution in [3.63, 3.8) is 0 Å². The smallest absolute Gasteiger partial charge is 0.251 e. The van der Waals surface area contributed by atoms with E-state index in [-0.39, 0.29) is 18.2 Å². The average Bonchev–Trinajstić information content (AvgIpc) is 2.47. The molecule has 21 heavy (non-hydrogen) atoms. The summed E-state index contributed by atoms with van der Waals surface area (Å²) in [5, 5.41) is 3.21. The minimum atomic E-state index is -0.243. The van der Waals surface area contributed by atoms with Crippen molar-refractivity contribution in [2.24, 2.45) is 0 Å². The third kappa shape index (κ3) is 4.98. The molecule has 1 saturated heterocycles. The Morgan fingerprint density at radius 3 is 2.67 bits per heavy atom. The van der Waals surface area contributed by atoms with Crippen LogP contribution in [0.2, 0.25) is 5.02 Å². The standard InChI is InChI=1S/C14H16BrClN2O3/c15-11-7-10(8-12(16)9-11)14(20)17-2-1-13(19)18-3-5-21-6-4-18/h7-9H,1-6H2,(H,17,20). The van der Waals surface area contributed by atoms with Crippen molar-refractivity contribution in [2.75, 3.05) is 32.8 Å². The molecule has 0 aliphatic carbocycles. The van der Waals surface area contributed by atoms with Crippen LogP contribution in [0.25, 0.3) is 0 Å². The molecule has 0 atom stereocenters. The van der Waals surface area contributed by atoms with Crippen LogP contribution in [0.5, 0.6) is 0 Å². The first-order valence-electron chi connectivity index (χ1n) is 6.66. The second-order valence-corrected chi connectivity index (χ2v) is 6.01. The molecule has 5 nitrogen and oxygen atoms in total. The van der Waals surface area contributed by atoms with E-state index in [0.29, 0.717) is 43.4 Å². The topological polar surface area (TPSA) is 58.6 Å². The lowest BCUT2D eigenvalue weighted by Crippen LogP contribution is -2.42. The first kappa shape index (κ1) is 16.3. The lowest BCUT2D eigenvalue weighted by molar-refractivity contribution is -0.135. The molecule has 0 spiro atoms. The van der Waals surface area contributed by atoms with Gasteiger partial charge < -0.3 is 15.0 Å². The van der Waals surface area contributed by atoms with Crippen LogP contribution in [-0.4, -0.2) is 49.6 Å². The summed E-state index contributed by atoms with van der Waals surface area (Å²) in [5.74, 6) is -0.209. The molecule has 2 amide bonds. The van der Waals surface area contributed by atoms with Gasteiger partial charge in [0.15, 0.2) is 0 Å². The predicted octanol–water partition coefficient (Wildman–Crippen LogP) is 2.08. The number of carbonyl (C=O) groups is 2. The average molecular weight is 376 g/mol. The number of amides is 2. The third-order valence-corrected chi connectivity index (χ3v) is 3.79. The van der Waals surface area contributed by atoms with Crippen LogP contribution in [0.4, 0.5) is 0 Å². The van der Waals surface area contributed by atoms with Gasteiger partial charge in [0, 0.05) is 41.1 Å². The molecule has 1 aromatic rings. The minimum absolute atomic E-state index is 0.0332. The highest BCUT2D eigenvalue weighted by Crippen LogP contribution is 2.19. The Morgan fingerprint density at radius 1 is 1.29 bits per heavy atom. The molecule has 2 rings (SSSR count). The number of morpholine rings is 1. The molecule has 1 heterocycles. The molecule has 0 aromatic heterocycles. The SMILES string of the molecule is O=C(NCCC(=O)N1CCOCC1)c1cc(Cl)cc(Br)c1. The number of carbonyl (C=O) groups excluding carboxylic acids is 2.